The first-order valence-electron chi connectivity index (χ1n) is 8.06. The molecule has 8 nitrogen and oxygen atoms in total. The molecule has 0 atom stereocenters. The van der Waals surface area contributed by atoms with Gasteiger partial charge in [0, 0.05) is 13.1 Å². The summed E-state index contributed by atoms with van der Waals surface area (Å²) in [7, 11) is 0. The van der Waals surface area contributed by atoms with E-state index >= 15 is 0 Å². The lowest BCUT2D eigenvalue weighted by molar-refractivity contribution is -0.385. The SMILES string of the molecule is Cc1nc(N2CCOCC2)nc(Nc2ccccc2C(F)(F)F)c1[N+](=O)[O-]. The summed E-state index contributed by atoms with van der Waals surface area (Å²) in [5, 5.41) is 13.9. The average Bonchev–Trinajstić information content (AvgIpc) is 2.61. The Balaban J connectivity index is 2.06. The zero-order valence-electron chi connectivity index (χ0n) is 14.3. The van der Waals surface area contributed by atoms with E-state index < -0.39 is 22.4 Å². The second kappa shape index (κ2) is 7.35. The van der Waals surface area contributed by atoms with Gasteiger partial charge in [0.25, 0.3) is 0 Å². The van der Waals surface area contributed by atoms with Gasteiger partial charge < -0.3 is 15.0 Å². The zero-order valence-corrected chi connectivity index (χ0v) is 14.3. The van der Waals surface area contributed by atoms with Crippen molar-refractivity contribution in [1.82, 2.24) is 9.97 Å². The number of halogens is 3. The van der Waals surface area contributed by atoms with Crippen LogP contribution in [0, 0.1) is 17.0 Å². The fraction of sp³-hybridized carbons (Fsp3) is 0.375. The minimum absolute atomic E-state index is 0.0588. The minimum atomic E-state index is -4.62. The Kier molecular flexibility index (Phi) is 5.13. The minimum Gasteiger partial charge on any atom is -0.378 e. The summed E-state index contributed by atoms with van der Waals surface area (Å²) in [6, 6.07) is 4.73. The van der Waals surface area contributed by atoms with Gasteiger partial charge in [0.05, 0.1) is 29.4 Å². The predicted molar refractivity (Wildman–Crippen MR) is 91.2 cm³/mol. The number of rotatable bonds is 4. The number of aromatic nitrogens is 2. The van der Waals surface area contributed by atoms with Crippen LogP contribution in [-0.2, 0) is 10.9 Å². The number of anilines is 3. The van der Waals surface area contributed by atoms with Gasteiger partial charge in [0.15, 0.2) is 0 Å². The second-order valence-corrected chi connectivity index (χ2v) is 5.83. The molecule has 0 unspecified atom stereocenters. The molecule has 3 rings (SSSR count). The largest absolute Gasteiger partial charge is 0.418 e. The molecule has 0 bridgehead atoms. The summed E-state index contributed by atoms with van der Waals surface area (Å²) in [6.45, 7) is 3.27. The Morgan fingerprint density at radius 3 is 2.52 bits per heavy atom. The van der Waals surface area contributed by atoms with Gasteiger partial charge in [-0.2, -0.15) is 18.2 Å². The third-order valence-electron chi connectivity index (χ3n) is 4.01. The Bertz CT molecular complexity index is 854. The summed E-state index contributed by atoms with van der Waals surface area (Å²) in [6.07, 6.45) is -4.62. The second-order valence-electron chi connectivity index (χ2n) is 5.83. The van der Waals surface area contributed by atoms with Gasteiger partial charge in [-0.1, -0.05) is 12.1 Å². The lowest BCUT2D eigenvalue weighted by Crippen LogP contribution is -2.37. The van der Waals surface area contributed by atoms with Crippen LogP contribution in [0.25, 0.3) is 0 Å². The molecule has 1 aliphatic heterocycles. The van der Waals surface area contributed by atoms with Crippen molar-refractivity contribution >= 4 is 23.1 Å². The smallest absolute Gasteiger partial charge is 0.378 e. The molecule has 2 heterocycles. The van der Waals surface area contributed by atoms with E-state index in [2.05, 4.69) is 15.3 Å². The van der Waals surface area contributed by atoms with Gasteiger partial charge in [-0.25, -0.2) is 4.98 Å². The van der Waals surface area contributed by atoms with Crippen molar-refractivity contribution in [3.8, 4) is 0 Å². The summed E-state index contributed by atoms with van der Waals surface area (Å²) < 4.78 is 44.9. The van der Waals surface area contributed by atoms with Crippen LogP contribution in [0.5, 0.6) is 0 Å². The number of ether oxygens (including phenoxy) is 1. The molecule has 0 amide bonds. The van der Waals surface area contributed by atoms with Gasteiger partial charge in [0.2, 0.25) is 11.8 Å². The maximum atomic E-state index is 13.2. The van der Waals surface area contributed by atoms with Crippen molar-refractivity contribution in [2.75, 3.05) is 36.5 Å². The van der Waals surface area contributed by atoms with E-state index in [0.717, 1.165) is 6.07 Å². The van der Waals surface area contributed by atoms with Crippen molar-refractivity contribution in [1.29, 1.82) is 0 Å². The van der Waals surface area contributed by atoms with Crippen molar-refractivity contribution < 1.29 is 22.8 Å². The number of benzene rings is 1. The van der Waals surface area contributed by atoms with Gasteiger partial charge in [-0.05, 0) is 19.1 Å². The van der Waals surface area contributed by atoms with E-state index in [9.17, 15) is 23.3 Å². The van der Waals surface area contributed by atoms with Crippen molar-refractivity contribution in [3.63, 3.8) is 0 Å². The van der Waals surface area contributed by atoms with Gasteiger partial charge in [-0.15, -0.1) is 0 Å². The molecule has 1 aliphatic rings. The molecule has 27 heavy (non-hydrogen) atoms. The number of nitrogens with one attached hydrogen (secondary N) is 1. The molecule has 0 radical (unpaired) electrons. The molecule has 2 aromatic rings. The summed E-state index contributed by atoms with van der Waals surface area (Å²) in [5.74, 6) is -0.0842. The van der Waals surface area contributed by atoms with E-state index in [-0.39, 0.29) is 23.1 Å². The molecule has 1 N–H and O–H groups in total. The highest BCUT2D eigenvalue weighted by Gasteiger charge is 2.34. The van der Waals surface area contributed by atoms with Crippen LogP contribution in [0.4, 0.5) is 36.3 Å². The maximum absolute atomic E-state index is 13.2. The number of hydrogen-bond acceptors (Lipinski definition) is 7. The number of aryl methyl sites for hydroxylation is 1. The van der Waals surface area contributed by atoms with Crippen LogP contribution in [0.1, 0.15) is 11.3 Å². The van der Waals surface area contributed by atoms with Crippen LogP contribution in [0.2, 0.25) is 0 Å². The highest BCUT2D eigenvalue weighted by Crippen LogP contribution is 2.37. The van der Waals surface area contributed by atoms with Crippen LogP contribution < -0.4 is 10.2 Å². The third-order valence-corrected chi connectivity index (χ3v) is 4.01. The lowest BCUT2D eigenvalue weighted by Gasteiger charge is -2.27. The number of nitrogens with zero attached hydrogens (tertiary/aromatic N) is 4. The molecule has 11 heteroatoms. The highest BCUT2D eigenvalue weighted by atomic mass is 19.4. The number of morpholine rings is 1. The summed E-state index contributed by atoms with van der Waals surface area (Å²) in [4.78, 5) is 20.8. The highest BCUT2D eigenvalue weighted by molar-refractivity contribution is 5.70. The molecule has 0 aliphatic carbocycles. The average molecular weight is 383 g/mol. The summed E-state index contributed by atoms with van der Waals surface area (Å²) >= 11 is 0. The molecular weight excluding hydrogens is 367 g/mol. The fourth-order valence-corrected chi connectivity index (χ4v) is 2.73. The van der Waals surface area contributed by atoms with E-state index in [1.54, 1.807) is 4.90 Å². The first kappa shape index (κ1) is 18.8. The topological polar surface area (TPSA) is 93.4 Å². The van der Waals surface area contributed by atoms with Gasteiger partial charge in [0.1, 0.15) is 5.69 Å². The number of nitro groups is 1. The molecule has 144 valence electrons. The van der Waals surface area contributed by atoms with E-state index in [1.165, 1.54) is 25.1 Å². The van der Waals surface area contributed by atoms with Gasteiger partial charge >= 0.3 is 11.9 Å². The van der Waals surface area contributed by atoms with E-state index in [0.29, 0.717) is 26.3 Å². The first-order chi connectivity index (χ1) is 12.8. The molecule has 1 fully saturated rings. The molecule has 1 saturated heterocycles. The Morgan fingerprint density at radius 2 is 1.89 bits per heavy atom. The van der Waals surface area contributed by atoms with Crippen molar-refractivity contribution in [2.24, 2.45) is 0 Å². The van der Waals surface area contributed by atoms with E-state index in [4.69, 9.17) is 4.74 Å². The van der Waals surface area contributed by atoms with Crippen LogP contribution in [0.3, 0.4) is 0 Å². The summed E-state index contributed by atoms with van der Waals surface area (Å²) in [5.41, 5.74) is -1.67. The molecule has 1 aromatic carbocycles. The molecule has 0 spiro atoms. The Hall–Kier alpha value is -2.95. The number of hydrogen-bond donors (Lipinski definition) is 1. The number of para-hydroxylation sites is 1. The van der Waals surface area contributed by atoms with Crippen LogP contribution in [0.15, 0.2) is 24.3 Å². The van der Waals surface area contributed by atoms with Crippen LogP contribution in [-0.4, -0.2) is 41.2 Å². The maximum Gasteiger partial charge on any atom is 0.418 e. The van der Waals surface area contributed by atoms with Crippen molar-refractivity contribution in [3.05, 3.63) is 45.6 Å². The third kappa shape index (κ3) is 4.08. The monoisotopic (exact) mass is 383 g/mol. The molecular formula is C16H16F3N5O3. The van der Waals surface area contributed by atoms with Gasteiger partial charge in [-0.3, -0.25) is 10.1 Å². The Morgan fingerprint density at radius 1 is 1.22 bits per heavy atom. The lowest BCUT2D eigenvalue weighted by atomic mass is 10.1. The fourth-order valence-electron chi connectivity index (χ4n) is 2.73. The zero-order chi connectivity index (χ0) is 19.6. The van der Waals surface area contributed by atoms with Crippen molar-refractivity contribution in [2.45, 2.75) is 13.1 Å². The normalized spacial score (nSPS) is 14.9. The predicted octanol–water partition coefficient (Wildman–Crippen LogP) is 3.29. The van der Waals surface area contributed by atoms with Crippen LogP contribution >= 0.6 is 0 Å². The first-order valence-corrected chi connectivity index (χ1v) is 8.06. The molecule has 1 aromatic heterocycles. The number of alkyl halides is 3. The van der Waals surface area contributed by atoms with E-state index in [1.807, 2.05) is 0 Å². The standard InChI is InChI=1S/C16H16F3N5O3/c1-10-13(24(25)26)14(22-15(20-10)23-6-8-27-9-7-23)21-12-5-3-2-4-11(12)16(17,18)19/h2-5H,6-9H2,1H3,(H,20,21,22). The quantitative estimate of drug-likeness (QED) is 0.640. The Labute approximate surface area is 152 Å². The molecule has 0 saturated carbocycles.